The summed E-state index contributed by atoms with van der Waals surface area (Å²) in [5.74, 6) is -1.08. The van der Waals surface area contributed by atoms with E-state index in [-0.39, 0.29) is 5.57 Å². The second-order valence-corrected chi connectivity index (χ2v) is 1.70. The quantitative estimate of drug-likeness (QED) is 0.337. The Hall–Kier alpha value is -1.03. The molecule has 0 aliphatic carbocycles. The topological polar surface area (TPSA) is 66.8 Å². The van der Waals surface area contributed by atoms with Crippen molar-refractivity contribution in [2.75, 3.05) is 0 Å². The molecule has 4 nitrogen and oxygen atoms in total. The number of carboxylic acids is 1. The van der Waals surface area contributed by atoms with Gasteiger partial charge >= 0.3 is 5.97 Å². The summed E-state index contributed by atoms with van der Waals surface area (Å²) in [5.41, 5.74) is 0.0164. The molecule has 0 rings (SSSR count). The summed E-state index contributed by atoms with van der Waals surface area (Å²) in [6.45, 7) is 4.42. The molecule has 57 valence electrons. The average Bonchev–Trinajstić information content (AvgIpc) is 1.82. The molecule has 0 aliphatic heterocycles. The first-order chi connectivity index (χ1) is 4.54. The molecule has 0 saturated carbocycles. The van der Waals surface area contributed by atoms with Crippen LogP contribution in [-0.2, 0) is 9.53 Å². The molecule has 0 aromatic rings. The SMILES string of the molecule is [CH2]C(O)OC=C(C)C(=O)O. The van der Waals surface area contributed by atoms with Crippen LogP contribution in [0.15, 0.2) is 11.8 Å². The minimum Gasteiger partial charge on any atom is -0.478 e. The van der Waals surface area contributed by atoms with Gasteiger partial charge in [0.25, 0.3) is 0 Å². The first-order valence-corrected chi connectivity index (χ1v) is 2.60. The maximum atomic E-state index is 10.1. The number of aliphatic hydroxyl groups excluding tert-OH is 1. The molecular formula is C6H9O4. The van der Waals surface area contributed by atoms with E-state index in [1.165, 1.54) is 6.92 Å². The van der Waals surface area contributed by atoms with Crippen LogP contribution in [0.2, 0.25) is 0 Å². The summed E-state index contributed by atoms with van der Waals surface area (Å²) in [5, 5.41) is 16.7. The van der Waals surface area contributed by atoms with Crippen LogP contribution < -0.4 is 0 Å². The van der Waals surface area contributed by atoms with Crippen LogP contribution in [0.25, 0.3) is 0 Å². The predicted octanol–water partition coefficient (Wildman–Crippen LogP) is 0.144. The zero-order valence-corrected chi connectivity index (χ0v) is 5.57. The van der Waals surface area contributed by atoms with E-state index >= 15 is 0 Å². The lowest BCUT2D eigenvalue weighted by molar-refractivity contribution is -0.132. The molecular weight excluding hydrogens is 136 g/mol. The van der Waals surface area contributed by atoms with Gasteiger partial charge in [-0.15, -0.1) is 0 Å². The van der Waals surface area contributed by atoms with Crippen molar-refractivity contribution < 1.29 is 19.7 Å². The number of carbonyl (C=O) groups is 1. The third kappa shape index (κ3) is 3.91. The first-order valence-electron chi connectivity index (χ1n) is 2.60. The molecule has 0 fully saturated rings. The summed E-state index contributed by atoms with van der Waals surface area (Å²) < 4.78 is 4.37. The summed E-state index contributed by atoms with van der Waals surface area (Å²) in [4.78, 5) is 10.1. The van der Waals surface area contributed by atoms with Gasteiger partial charge in [-0.2, -0.15) is 0 Å². The predicted molar refractivity (Wildman–Crippen MR) is 33.8 cm³/mol. The van der Waals surface area contributed by atoms with Gasteiger partial charge in [0.15, 0.2) is 6.29 Å². The van der Waals surface area contributed by atoms with Crippen molar-refractivity contribution in [3.8, 4) is 0 Å². The van der Waals surface area contributed by atoms with Gasteiger partial charge in [-0.1, -0.05) is 0 Å². The molecule has 0 aromatic carbocycles. The molecule has 0 spiro atoms. The minimum atomic E-state index is -1.21. The van der Waals surface area contributed by atoms with Crippen LogP contribution in [0, 0.1) is 6.92 Å². The summed E-state index contributed by atoms with van der Waals surface area (Å²) >= 11 is 0. The molecule has 10 heavy (non-hydrogen) atoms. The van der Waals surface area contributed by atoms with Crippen molar-refractivity contribution in [3.05, 3.63) is 18.8 Å². The monoisotopic (exact) mass is 145 g/mol. The maximum absolute atomic E-state index is 10.1. The van der Waals surface area contributed by atoms with Crippen molar-refractivity contribution in [2.24, 2.45) is 0 Å². The van der Waals surface area contributed by atoms with E-state index in [4.69, 9.17) is 10.2 Å². The molecule has 0 saturated heterocycles. The van der Waals surface area contributed by atoms with Gasteiger partial charge in [0.05, 0.1) is 11.8 Å². The zero-order valence-electron chi connectivity index (χ0n) is 5.57. The van der Waals surface area contributed by atoms with Crippen LogP contribution in [-0.4, -0.2) is 22.5 Å². The van der Waals surface area contributed by atoms with Crippen LogP contribution in [0.4, 0.5) is 0 Å². The van der Waals surface area contributed by atoms with Crippen molar-refractivity contribution >= 4 is 5.97 Å². The van der Waals surface area contributed by atoms with Crippen LogP contribution in [0.5, 0.6) is 0 Å². The van der Waals surface area contributed by atoms with E-state index in [1.54, 1.807) is 0 Å². The van der Waals surface area contributed by atoms with Gasteiger partial charge in [0, 0.05) is 6.92 Å². The Morgan fingerprint density at radius 3 is 2.60 bits per heavy atom. The van der Waals surface area contributed by atoms with Crippen molar-refractivity contribution in [2.45, 2.75) is 13.2 Å². The second kappa shape index (κ2) is 3.90. The van der Waals surface area contributed by atoms with Crippen molar-refractivity contribution in [1.82, 2.24) is 0 Å². The lowest BCUT2D eigenvalue weighted by atomic mass is 10.3. The molecule has 1 atom stereocenters. The highest BCUT2D eigenvalue weighted by molar-refractivity contribution is 5.85. The minimum absolute atomic E-state index is 0.0164. The molecule has 2 N–H and O–H groups in total. The number of aliphatic carboxylic acids is 1. The fourth-order valence-corrected chi connectivity index (χ4v) is 0.231. The van der Waals surface area contributed by atoms with E-state index in [0.29, 0.717) is 0 Å². The maximum Gasteiger partial charge on any atom is 0.334 e. The Morgan fingerprint density at radius 2 is 2.30 bits per heavy atom. The molecule has 0 aromatic heterocycles. The standard InChI is InChI=1S/C6H9O4/c1-4(6(8)9)3-10-5(2)7/h3,5,7H,2H2,1H3,(H,8,9). The van der Waals surface area contributed by atoms with E-state index in [1.807, 2.05) is 0 Å². The Balaban J connectivity index is 3.81. The highest BCUT2D eigenvalue weighted by Gasteiger charge is 1.99. The van der Waals surface area contributed by atoms with Gasteiger partial charge in [-0.25, -0.2) is 4.79 Å². The van der Waals surface area contributed by atoms with Crippen LogP contribution in [0.3, 0.4) is 0 Å². The Morgan fingerprint density at radius 1 is 1.80 bits per heavy atom. The number of hydrogen-bond donors (Lipinski definition) is 2. The van der Waals surface area contributed by atoms with E-state index in [9.17, 15) is 4.79 Å². The number of aliphatic hydroxyl groups is 1. The third-order valence-corrected chi connectivity index (χ3v) is 0.739. The Kier molecular flexibility index (Phi) is 3.49. The molecule has 0 amide bonds. The largest absolute Gasteiger partial charge is 0.478 e. The highest BCUT2D eigenvalue weighted by Crippen LogP contribution is 1.94. The van der Waals surface area contributed by atoms with E-state index < -0.39 is 12.3 Å². The number of carboxylic acid groups (broad SMARTS) is 1. The number of ether oxygens (including phenoxy) is 1. The number of hydrogen-bond acceptors (Lipinski definition) is 3. The van der Waals surface area contributed by atoms with Gasteiger partial charge in [0.2, 0.25) is 0 Å². The van der Waals surface area contributed by atoms with E-state index in [0.717, 1.165) is 6.26 Å². The van der Waals surface area contributed by atoms with Gasteiger partial charge in [0.1, 0.15) is 0 Å². The summed E-state index contributed by atoms with van der Waals surface area (Å²) in [6.07, 6.45) is -0.269. The normalized spacial score (nSPS) is 14.5. The second-order valence-electron chi connectivity index (χ2n) is 1.70. The lowest BCUT2D eigenvalue weighted by Gasteiger charge is -2.02. The Bertz CT molecular complexity index is 148. The fourth-order valence-electron chi connectivity index (χ4n) is 0.231. The summed E-state index contributed by atoms with van der Waals surface area (Å²) in [7, 11) is 0. The smallest absolute Gasteiger partial charge is 0.334 e. The van der Waals surface area contributed by atoms with Crippen LogP contribution in [0.1, 0.15) is 6.92 Å². The van der Waals surface area contributed by atoms with Crippen molar-refractivity contribution in [1.29, 1.82) is 0 Å². The van der Waals surface area contributed by atoms with Gasteiger partial charge in [-0.3, -0.25) is 0 Å². The third-order valence-electron chi connectivity index (χ3n) is 0.739. The van der Waals surface area contributed by atoms with Crippen LogP contribution >= 0.6 is 0 Å². The number of rotatable bonds is 3. The fraction of sp³-hybridized carbons (Fsp3) is 0.333. The molecule has 0 heterocycles. The molecule has 0 aliphatic rings. The van der Waals surface area contributed by atoms with Gasteiger partial charge in [-0.05, 0) is 6.92 Å². The molecule has 1 radical (unpaired) electrons. The van der Waals surface area contributed by atoms with E-state index in [2.05, 4.69) is 11.7 Å². The lowest BCUT2D eigenvalue weighted by Crippen LogP contribution is -2.04. The zero-order chi connectivity index (χ0) is 8.15. The Labute approximate surface area is 58.7 Å². The summed E-state index contributed by atoms with van der Waals surface area (Å²) in [6, 6.07) is 0. The average molecular weight is 145 g/mol. The van der Waals surface area contributed by atoms with Gasteiger partial charge < -0.3 is 14.9 Å². The molecule has 0 bridgehead atoms. The van der Waals surface area contributed by atoms with Crippen molar-refractivity contribution in [3.63, 3.8) is 0 Å². The molecule has 4 heteroatoms. The highest BCUT2D eigenvalue weighted by atomic mass is 16.6. The molecule has 1 unspecified atom stereocenters. The first kappa shape index (κ1) is 8.97.